The average Bonchev–Trinajstić information content (AvgIpc) is 2.65. The zero-order valence-electron chi connectivity index (χ0n) is 9.05. The summed E-state index contributed by atoms with van der Waals surface area (Å²) >= 11 is 5.89. The highest BCUT2D eigenvalue weighted by Crippen LogP contribution is 2.21. The van der Waals surface area contributed by atoms with E-state index in [2.05, 4.69) is 10.3 Å². The number of halogens is 1. The smallest absolute Gasteiger partial charge is 0.153 e. The third-order valence-electron chi connectivity index (χ3n) is 2.17. The fourth-order valence-electron chi connectivity index (χ4n) is 1.31. The van der Waals surface area contributed by atoms with Crippen LogP contribution in [0.15, 0.2) is 30.5 Å². The molecule has 0 fully saturated rings. The number of benzene rings is 1. The van der Waals surface area contributed by atoms with E-state index in [9.17, 15) is 5.11 Å². The van der Waals surface area contributed by atoms with Crippen LogP contribution in [0.25, 0.3) is 11.3 Å². The summed E-state index contributed by atoms with van der Waals surface area (Å²) in [6.07, 6.45) is 1.69. The Hall–Kier alpha value is -1.39. The molecule has 1 N–H and O–H groups in total. The molecule has 5 heteroatoms. The zero-order valence-corrected chi connectivity index (χ0v) is 9.81. The van der Waals surface area contributed by atoms with E-state index in [-0.39, 0.29) is 0 Å². The lowest BCUT2D eigenvalue weighted by molar-refractivity contribution is -0.0120. The third kappa shape index (κ3) is 2.23. The first-order chi connectivity index (χ1) is 7.47. The molecule has 0 bridgehead atoms. The van der Waals surface area contributed by atoms with E-state index in [1.54, 1.807) is 32.2 Å². The monoisotopic (exact) mass is 237 g/mol. The van der Waals surface area contributed by atoms with E-state index in [1.165, 1.54) is 4.68 Å². The van der Waals surface area contributed by atoms with Gasteiger partial charge in [-0.3, -0.25) is 0 Å². The van der Waals surface area contributed by atoms with Crippen LogP contribution in [-0.4, -0.2) is 20.1 Å². The standard InChI is InChI=1S/C11H12ClN3O/c1-11(2,16)15-7-10(13-14-15)8-4-3-5-9(12)6-8/h3-7,16H,1-2H3. The fourth-order valence-corrected chi connectivity index (χ4v) is 1.50. The van der Waals surface area contributed by atoms with Gasteiger partial charge in [-0.05, 0) is 26.0 Å². The first kappa shape index (κ1) is 11.1. The van der Waals surface area contributed by atoms with Gasteiger partial charge in [0.1, 0.15) is 5.69 Å². The Balaban J connectivity index is 2.39. The van der Waals surface area contributed by atoms with Gasteiger partial charge in [0.15, 0.2) is 5.72 Å². The molecule has 2 rings (SSSR count). The van der Waals surface area contributed by atoms with E-state index in [1.807, 2.05) is 12.1 Å². The molecule has 1 aromatic heterocycles. The second-order valence-corrected chi connectivity index (χ2v) is 4.49. The van der Waals surface area contributed by atoms with Crippen LogP contribution in [0, 0.1) is 0 Å². The van der Waals surface area contributed by atoms with Crippen molar-refractivity contribution in [2.45, 2.75) is 19.6 Å². The van der Waals surface area contributed by atoms with Crippen LogP contribution in [0.2, 0.25) is 5.02 Å². The molecule has 0 aliphatic carbocycles. The molecule has 0 spiro atoms. The van der Waals surface area contributed by atoms with Crippen LogP contribution in [0.5, 0.6) is 0 Å². The number of hydrogen-bond donors (Lipinski definition) is 1. The lowest BCUT2D eigenvalue weighted by atomic mass is 10.2. The number of aromatic nitrogens is 3. The maximum atomic E-state index is 9.74. The summed E-state index contributed by atoms with van der Waals surface area (Å²) < 4.78 is 1.41. The third-order valence-corrected chi connectivity index (χ3v) is 2.41. The van der Waals surface area contributed by atoms with Gasteiger partial charge in [0.25, 0.3) is 0 Å². The molecular weight excluding hydrogens is 226 g/mol. The van der Waals surface area contributed by atoms with Crippen molar-refractivity contribution in [3.05, 3.63) is 35.5 Å². The number of aliphatic hydroxyl groups is 1. The van der Waals surface area contributed by atoms with Gasteiger partial charge in [0, 0.05) is 10.6 Å². The molecular formula is C11H12ClN3O. The summed E-state index contributed by atoms with van der Waals surface area (Å²) in [5.41, 5.74) is 0.511. The van der Waals surface area contributed by atoms with E-state index in [0.29, 0.717) is 10.7 Å². The van der Waals surface area contributed by atoms with Crippen molar-refractivity contribution in [3.8, 4) is 11.3 Å². The molecule has 2 aromatic rings. The Kier molecular flexibility index (Phi) is 2.69. The molecule has 1 heterocycles. The van der Waals surface area contributed by atoms with Gasteiger partial charge in [-0.1, -0.05) is 28.9 Å². The minimum atomic E-state index is -1.05. The largest absolute Gasteiger partial charge is 0.370 e. The molecule has 0 saturated carbocycles. The number of hydrogen-bond acceptors (Lipinski definition) is 3. The molecule has 16 heavy (non-hydrogen) atoms. The molecule has 0 aliphatic heterocycles. The van der Waals surface area contributed by atoms with Gasteiger partial charge < -0.3 is 5.11 Å². The van der Waals surface area contributed by atoms with Gasteiger partial charge in [-0.25, -0.2) is 4.68 Å². The average molecular weight is 238 g/mol. The number of rotatable bonds is 2. The Morgan fingerprint density at radius 1 is 1.38 bits per heavy atom. The first-order valence-corrected chi connectivity index (χ1v) is 5.26. The molecule has 0 atom stereocenters. The van der Waals surface area contributed by atoms with Crippen molar-refractivity contribution >= 4 is 11.6 Å². The predicted molar refractivity (Wildman–Crippen MR) is 62.0 cm³/mol. The Labute approximate surface area is 98.5 Å². The quantitative estimate of drug-likeness (QED) is 0.872. The van der Waals surface area contributed by atoms with E-state index in [0.717, 1.165) is 5.56 Å². The van der Waals surface area contributed by atoms with Crippen LogP contribution in [0.4, 0.5) is 0 Å². The zero-order chi connectivity index (χ0) is 11.8. The minimum Gasteiger partial charge on any atom is -0.370 e. The van der Waals surface area contributed by atoms with Crippen molar-refractivity contribution in [3.63, 3.8) is 0 Å². The Bertz CT molecular complexity index is 502. The number of nitrogens with zero attached hydrogens (tertiary/aromatic N) is 3. The molecule has 0 amide bonds. The highest BCUT2D eigenvalue weighted by Gasteiger charge is 2.17. The van der Waals surface area contributed by atoms with Crippen molar-refractivity contribution in [1.82, 2.24) is 15.0 Å². The molecule has 1 aromatic carbocycles. The van der Waals surface area contributed by atoms with Gasteiger partial charge in [0.2, 0.25) is 0 Å². The normalized spacial score (nSPS) is 11.8. The van der Waals surface area contributed by atoms with Crippen LogP contribution in [-0.2, 0) is 5.72 Å². The van der Waals surface area contributed by atoms with Crippen LogP contribution in [0.3, 0.4) is 0 Å². The summed E-state index contributed by atoms with van der Waals surface area (Å²) in [5.74, 6) is 0. The lowest BCUT2D eigenvalue weighted by Crippen LogP contribution is -2.25. The molecule has 0 radical (unpaired) electrons. The minimum absolute atomic E-state index is 0.648. The van der Waals surface area contributed by atoms with Crippen molar-refractivity contribution in [2.24, 2.45) is 0 Å². The fraction of sp³-hybridized carbons (Fsp3) is 0.273. The van der Waals surface area contributed by atoms with Crippen LogP contribution in [0.1, 0.15) is 13.8 Å². The summed E-state index contributed by atoms with van der Waals surface area (Å²) in [6, 6.07) is 7.34. The van der Waals surface area contributed by atoms with Crippen molar-refractivity contribution in [1.29, 1.82) is 0 Å². The highest BCUT2D eigenvalue weighted by molar-refractivity contribution is 6.30. The summed E-state index contributed by atoms with van der Waals surface area (Å²) in [5, 5.41) is 18.2. The second kappa shape index (κ2) is 3.88. The molecule has 0 unspecified atom stereocenters. The second-order valence-electron chi connectivity index (χ2n) is 4.05. The molecule has 0 aliphatic rings. The maximum absolute atomic E-state index is 9.74. The predicted octanol–water partition coefficient (Wildman–Crippen LogP) is 2.28. The van der Waals surface area contributed by atoms with E-state index < -0.39 is 5.72 Å². The highest BCUT2D eigenvalue weighted by atomic mass is 35.5. The Morgan fingerprint density at radius 2 is 2.12 bits per heavy atom. The van der Waals surface area contributed by atoms with E-state index >= 15 is 0 Å². The lowest BCUT2D eigenvalue weighted by Gasteiger charge is -2.15. The Morgan fingerprint density at radius 3 is 2.69 bits per heavy atom. The van der Waals surface area contributed by atoms with Gasteiger partial charge >= 0.3 is 0 Å². The van der Waals surface area contributed by atoms with Gasteiger partial charge in [0.05, 0.1) is 6.20 Å². The SMILES string of the molecule is CC(C)(O)n1cc(-c2cccc(Cl)c2)nn1. The first-order valence-electron chi connectivity index (χ1n) is 4.88. The summed E-state index contributed by atoms with van der Waals surface area (Å²) in [6.45, 7) is 3.28. The van der Waals surface area contributed by atoms with E-state index in [4.69, 9.17) is 11.6 Å². The molecule has 84 valence electrons. The maximum Gasteiger partial charge on any atom is 0.153 e. The summed E-state index contributed by atoms with van der Waals surface area (Å²) in [4.78, 5) is 0. The van der Waals surface area contributed by atoms with Crippen LogP contribution >= 0.6 is 11.6 Å². The summed E-state index contributed by atoms with van der Waals surface area (Å²) in [7, 11) is 0. The van der Waals surface area contributed by atoms with Crippen molar-refractivity contribution in [2.75, 3.05) is 0 Å². The van der Waals surface area contributed by atoms with Crippen molar-refractivity contribution < 1.29 is 5.11 Å². The molecule has 0 saturated heterocycles. The topological polar surface area (TPSA) is 50.9 Å². The molecule has 4 nitrogen and oxygen atoms in total. The van der Waals surface area contributed by atoms with Gasteiger partial charge in [-0.15, -0.1) is 5.10 Å². The van der Waals surface area contributed by atoms with Gasteiger partial charge in [-0.2, -0.15) is 0 Å². The van der Waals surface area contributed by atoms with Crippen LogP contribution < -0.4 is 0 Å².